The fraction of sp³-hybridized carbons (Fsp3) is 0.176. The molecule has 112 valence electrons. The fourth-order valence-corrected chi connectivity index (χ4v) is 3.08. The molecule has 0 aliphatic heterocycles. The van der Waals surface area contributed by atoms with Crippen LogP contribution in [0, 0.1) is 0 Å². The van der Waals surface area contributed by atoms with Gasteiger partial charge in [0.15, 0.2) is 5.16 Å². The summed E-state index contributed by atoms with van der Waals surface area (Å²) in [6.07, 6.45) is 0. The lowest BCUT2D eigenvalue weighted by atomic mass is 10.2. The largest absolute Gasteiger partial charge is 0.497 e. The van der Waals surface area contributed by atoms with Crippen LogP contribution in [0.15, 0.2) is 53.7 Å². The van der Waals surface area contributed by atoms with Crippen molar-refractivity contribution >= 4 is 28.6 Å². The van der Waals surface area contributed by atoms with E-state index in [9.17, 15) is 4.79 Å². The number of carbonyl (C=O) groups is 1. The van der Waals surface area contributed by atoms with E-state index in [2.05, 4.69) is 9.55 Å². The molecule has 0 atom stereocenters. The van der Waals surface area contributed by atoms with Crippen molar-refractivity contribution in [3.8, 4) is 11.4 Å². The van der Waals surface area contributed by atoms with Gasteiger partial charge in [0.1, 0.15) is 11.5 Å². The Balaban J connectivity index is 2.11. The van der Waals surface area contributed by atoms with Crippen LogP contribution in [0.1, 0.15) is 6.92 Å². The first-order valence-electron chi connectivity index (χ1n) is 6.93. The van der Waals surface area contributed by atoms with E-state index < -0.39 is 0 Å². The van der Waals surface area contributed by atoms with Crippen molar-refractivity contribution in [2.45, 2.75) is 12.1 Å². The molecule has 0 fully saturated rings. The maximum absolute atomic E-state index is 11.3. The second kappa shape index (κ2) is 6.23. The minimum absolute atomic E-state index is 0.137. The number of ether oxygens (including phenoxy) is 1. The molecule has 22 heavy (non-hydrogen) atoms. The van der Waals surface area contributed by atoms with Gasteiger partial charge in [-0.3, -0.25) is 9.36 Å². The first kappa shape index (κ1) is 14.7. The summed E-state index contributed by atoms with van der Waals surface area (Å²) in [5.41, 5.74) is 2.95. The number of fused-ring (bicyclic) bond motifs is 1. The van der Waals surface area contributed by atoms with E-state index in [-0.39, 0.29) is 5.78 Å². The van der Waals surface area contributed by atoms with Crippen LogP contribution in [0.25, 0.3) is 16.7 Å². The smallest absolute Gasteiger partial charge is 0.174 e. The van der Waals surface area contributed by atoms with Gasteiger partial charge in [0, 0.05) is 5.69 Å². The number of imidazole rings is 1. The first-order chi connectivity index (χ1) is 10.7. The molecule has 0 radical (unpaired) electrons. The molecule has 4 nitrogen and oxygen atoms in total. The third-order valence-corrected chi connectivity index (χ3v) is 4.35. The van der Waals surface area contributed by atoms with Gasteiger partial charge in [-0.1, -0.05) is 23.9 Å². The summed E-state index contributed by atoms with van der Waals surface area (Å²) >= 11 is 1.46. The summed E-state index contributed by atoms with van der Waals surface area (Å²) in [4.78, 5) is 15.9. The monoisotopic (exact) mass is 312 g/mol. The number of para-hydroxylation sites is 2. The number of hydrogen-bond donors (Lipinski definition) is 0. The molecule has 0 aliphatic carbocycles. The number of benzene rings is 2. The topological polar surface area (TPSA) is 44.1 Å². The van der Waals surface area contributed by atoms with Gasteiger partial charge in [-0.2, -0.15) is 0 Å². The Morgan fingerprint density at radius 1 is 1.18 bits per heavy atom. The summed E-state index contributed by atoms with van der Waals surface area (Å²) < 4.78 is 7.28. The molecule has 0 unspecified atom stereocenters. The van der Waals surface area contributed by atoms with E-state index in [1.165, 1.54) is 11.8 Å². The number of Topliss-reactive ketones (excluding diaryl/α,β-unsaturated/α-hetero) is 1. The van der Waals surface area contributed by atoms with Gasteiger partial charge in [-0.25, -0.2) is 4.98 Å². The second-order valence-electron chi connectivity index (χ2n) is 4.91. The molecule has 3 aromatic rings. The first-order valence-corrected chi connectivity index (χ1v) is 7.92. The molecule has 0 bridgehead atoms. The number of thioether (sulfide) groups is 1. The molecule has 2 aromatic carbocycles. The Hall–Kier alpha value is -2.27. The summed E-state index contributed by atoms with van der Waals surface area (Å²) in [5, 5.41) is 0.821. The van der Waals surface area contributed by atoms with Crippen molar-refractivity contribution in [2.24, 2.45) is 0 Å². The number of carbonyl (C=O) groups excluding carboxylic acids is 1. The van der Waals surface area contributed by atoms with Crippen molar-refractivity contribution in [3.63, 3.8) is 0 Å². The van der Waals surface area contributed by atoms with Crippen molar-refractivity contribution < 1.29 is 9.53 Å². The lowest BCUT2D eigenvalue weighted by molar-refractivity contribution is -0.114. The predicted octanol–water partition coefficient (Wildman–Crippen LogP) is 3.72. The average Bonchev–Trinajstić information content (AvgIpc) is 2.91. The Bertz CT molecular complexity index is 809. The van der Waals surface area contributed by atoms with Crippen molar-refractivity contribution in [1.29, 1.82) is 0 Å². The molecule has 0 saturated carbocycles. The van der Waals surface area contributed by atoms with Crippen LogP contribution < -0.4 is 4.74 Å². The van der Waals surface area contributed by atoms with Crippen molar-refractivity contribution in [2.75, 3.05) is 12.9 Å². The van der Waals surface area contributed by atoms with Crippen molar-refractivity contribution in [3.05, 3.63) is 48.5 Å². The average molecular weight is 312 g/mol. The summed E-state index contributed by atoms with van der Waals surface area (Å²) in [5.74, 6) is 1.36. The van der Waals surface area contributed by atoms with Gasteiger partial charge in [0.25, 0.3) is 0 Å². The lowest BCUT2D eigenvalue weighted by Crippen LogP contribution is -2.00. The quantitative estimate of drug-likeness (QED) is 0.674. The molecular formula is C17H16N2O2S. The highest BCUT2D eigenvalue weighted by molar-refractivity contribution is 7.99. The molecule has 0 spiro atoms. The van der Waals surface area contributed by atoms with Gasteiger partial charge in [-0.05, 0) is 43.3 Å². The van der Waals surface area contributed by atoms with Gasteiger partial charge in [-0.15, -0.1) is 0 Å². The third kappa shape index (κ3) is 2.85. The van der Waals surface area contributed by atoms with E-state index in [1.807, 2.05) is 48.5 Å². The van der Waals surface area contributed by atoms with Crippen LogP contribution in [-0.4, -0.2) is 28.2 Å². The fourth-order valence-electron chi connectivity index (χ4n) is 2.25. The number of ketones is 1. The zero-order valence-electron chi connectivity index (χ0n) is 12.4. The zero-order chi connectivity index (χ0) is 15.5. The Labute approximate surface area is 133 Å². The van der Waals surface area contributed by atoms with E-state index in [0.29, 0.717) is 5.75 Å². The highest BCUT2D eigenvalue weighted by Gasteiger charge is 2.13. The standard InChI is InChI=1S/C17H16N2O2S/c1-12(20)11-22-17-18-15-5-3-4-6-16(15)19(17)13-7-9-14(21-2)10-8-13/h3-10H,11H2,1-2H3. The van der Waals surface area contributed by atoms with Crippen molar-refractivity contribution in [1.82, 2.24) is 9.55 Å². The second-order valence-corrected chi connectivity index (χ2v) is 5.85. The van der Waals surface area contributed by atoms with Crippen LogP contribution in [0.5, 0.6) is 5.75 Å². The maximum atomic E-state index is 11.3. The zero-order valence-corrected chi connectivity index (χ0v) is 13.3. The number of hydrogen-bond acceptors (Lipinski definition) is 4. The van der Waals surface area contributed by atoms with E-state index in [4.69, 9.17) is 4.74 Å². The number of aromatic nitrogens is 2. The molecule has 1 heterocycles. The van der Waals surface area contributed by atoms with Gasteiger partial charge < -0.3 is 4.74 Å². The van der Waals surface area contributed by atoms with Gasteiger partial charge >= 0.3 is 0 Å². The summed E-state index contributed by atoms with van der Waals surface area (Å²) in [6.45, 7) is 1.59. The third-order valence-electron chi connectivity index (χ3n) is 3.27. The van der Waals surface area contributed by atoms with Crippen LogP contribution in [0.4, 0.5) is 0 Å². The van der Waals surface area contributed by atoms with Crippen LogP contribution >= 0.6 is 11.8 Å². The molecule has 5 heteroatoms. The minimum atomic E-state index is 0.137. The predicted molar refractivity (Wildman–Crippen MR) is 89.0 cm³/mol. The number of methoxy groups -OCH3 is 1. The Morgan fingerprint density at radius 2 is 1.91 bits per heavy atom. The molecule has 3 rings (SSSR count). The Morgan fingerprint density at radius 3 is 2.59 bits per heavy atom. The SMILES string of the molecule is COc1ccc(-n2c(SCC(C)=O)nc3ccccc32)cc1. The molecule has 0 amide bonds. The number of nitrogens with zero attached hydrogens (tertiary/aromatic N) is 2. The van der Waals surface area contributed by atoms with Gasteiger partial charge in [0.2, 0.25) is 0 Å². The van der Waals surface area contributed by atoms with E-state index in [1.54, 1.807) is 14.0 Å². The number of rotatable bonds is 5. The molecule has 0 aliphatic rings. The normalized spacial score (nSPS) is 10.8. The molecule has 0 saturated heterocycles. The Kier molecular flexibility index (Phi) is 4.15. The van der Waals surface area contributed by atoms with Crippen LogP contribution in [0.3, 0.4) is 0 Å². The van der Waals surface area contributed by atoms with Crippen LogP contribution in [-0.2, 0) is 4.79 Å². The van der Waals surface area contributed by atoms with Gasteiger partial charge in [0.05, 0.1) is 23.9 Å². The molecule has 0 N–H and O–H groups in total. The molecular weight excluding hydrogens is 296 g/mol. The van der Waals surface area contributed by atoms with E-state index >= 15 is 0 Å². The molecule has 1 aromatic heterocycles. The highest BCUT2D eigenvalue weighted by Crippen LogP contribution is 2.28. The van der Waals surface area contributed by atoms with Crippen LogP contribution in [0.2, 0.25) is 0 Å². The van der Waals surface area contributed by atoms with E-state index in [0.717, 1.165) is 27.6 Å². The maximum Gasteiger partial charge on any atom is 0.174 e. The summed E-state index contributed by atoms with van der Waals surface area (Å²) in [7, 11) is 1.65. The minimum Gasteiger partial charge on any atom is -0.497 e. The highest BCUT2D eigenvalue weighted by atomic mass is 32.2. The summed E-state index contributed by atoms with van der Waals surface area (Å²) in [6, 6.07) is 15.8. The lowest BCUT2D eigenvalue weighted by Gasteiger charge is -2.09.